The lowest BCUT2D eigenvalue weighted by molar-refractivity contribution is -0.132. The summed E-state index contributed by atoms with van der Waals surface area (Å²) in [6.07, 6.45) is 6.14. The van der Waals surface area contributed by atoms with Gasteiger partial charge in [-0.05, 0) is 55.7 Å². The summed E-state index contributed by atoms with van der Waals surface area (Å²) in [5, 5.41) is 3.59. The molecule has 0 aromatic heterocycles. The average Bonchev–Trinajstić information content (AvgIpc) is 2.97. The Balaban J connectivity index is 1.64. The van der Waals surface area contributed by atoms with Gasteiger partial charge in [-0.3, -0.25) is 4.79 Å². The highest BCUT2D eigenvalue weighted by molar-refractivity contribution is 5.82. The van der Waals surface area contributed by atoms with Crippen molar-refractivity contribution >= 4 is 5.91 Å². The number of carbonyl (C=O) groups is 1. The molecule has 132 valence electrons. The quantitative estimate of drug-likeness (QED) is 0.922. The number of rotatable bonds is 4. The SMILES string of the molecule is COc1c(C)cc(CN(C)C(=O)C2CC3CCCCC3N2)cc1C. The van der Waals surface area contributed by atoms with E-state index < -0.39 is 0 Å². The first-order valence-corrected chi connectivity index (χ1v) is 9.14. The Kier molecular flexibility index (Phi) is 5.14. The Bertz CT molecular complexity index is 577. The summed E-state index contributed by atoms with van der Waals surface area (Å²) in [5.41, 5.74) is 3.41. The van der Waals surface area contributed by atoms with Crippen LogP contribution in [0.3, 0.4) is 0 Å². The molecule has 0 radical (unpaired) electrons. The summed E-state index contributed by atoms with van der Waals surface area (Å²) < 4.78 is 5.43. The third-order valence-corrected chi connectivity index (χ3v) is 5.68. The maximum absolute atomic E-state index is 12.8. The Morgan fingerprint density at radius 3 is 2.54 bits per heavy atom. The second kappa shape index (κ2) is 7.14. The third-order valence-electron chi connectivity index (χ3n) is 5.68. The number of hydrogen-bond donors (Lipinski definition) is 1. The second-order valence-electron chi connectivity index (χ2n) is 7.56. The van der Waals surface area contributed by atoms with Gasteiger partial charge in [0.05, 0.1) is 13.2 Å². The fraction of sp³-hybridized carbons (Fsp3) is 0.650. The number of nitrogens with zero attached hydrogens (tertiary/aromatic N) is 1. The lowest BCUT2D eigenvalue weighted by Crippen LogP contribution is -2.43. The van der Waals surface area contributed by atoms with Crippen molar-refractivity contribution in [3.8, 4) is 5.75 Å². The van der Waals surface area contributed by atoms with Crippen molar-refractivity contribution in [1.82, 2.24) is 10.2 Å². The number of ether oxygens (including phenoxy) is 1. The van der Waals surface area contributed by atoms with Crippen LogP contribution in [0.15, 0.2) is 12.1 Å². The number of aryl methyl sites for hydroxylation is 2. The van der Waals surface area contributed by atoms with Crippen molar-refractivity contribution in [3.05, 3.63) is 28.8 Å². The summed E-state index contributed by atoms with van der Waals surface area (Å²) in [5.74, 6) is 1.87. The number of likely N-dealkylation sites (N-methyl/N-ethyl adjacent to an activating group) is 1. The van der Waals surface area contributed by atoms with Crippen LogP contribution in [0.5, 0.6) is 5.75 Å². The van der Waals surface area contributed by atoms with Gasteiger partial charge in [0.25, 0.3) is 0 Å². The topological polar surface area (TPSA) is 41.6 Å². The molecule has 0 bridgehead atoms. The van der Waals surface area contributed by atoms with Crippen molar-refractivity contribution in [1.29, 1.82) is 0 Å². The highest BCUT2D eigenvalue weighted by atomic mass is 16.5. The molecule has 1 saturated carbocycles. The van der Waals surface area contributed by atoms with Gasteiger partial charge in [0.15, 0.2) is 0 Å². The zero-order chi connectivity index (χ0) is 17.3. The average molecular weight is 330 g/mol. The highest BCUT2D eigenvalue weighted by Crippen LogP contribution is 2.33. The summed E-state index contributed by atoms with van der Waals surface area (Å²) in [6, 6.07) is 4.81. The fourth-order valence-corrected chi connectivity index (χ4v) is 4.58. The number of amides is 1. The molecule has 24 heavy (non-hydrogen) atoms. The molecule has 1 saturated heterocycles. The van der Waals surface area contributed by atoms with Gasteiger partial charge in [0.2, 0.25) is 5.91 Å². The van der Waals surface area contributed by atoms with Gasteiger partial charge in [0, 0.05) is 19.6 Å². The summed E-state index contributed by atoms with van der Waals surface area (Å²) >= 11 is 0. The molecular formula is C20H30N2O2. The monoisotopic (exact) mass is 330 g/mol. The maximum Gasteiger partial charge on any atom is 0.239 e. The highest BCUT2D eigenvalue weighted by Gasteiger charge is 2.39. The van der Waals surface area contributed by atoms with Crippen LogP contribution in [0.4, 0.5) is 0 Å². The van der Waals surface area contributed by atoms with E-state index in [1.165, 1.54) is 25.7 Å². The van der Waals surface area contributed by atoms with Gasteiger partial charge in [-0.25, -0.2) is 0 Å². The van der Waals surface area contributed by atoms with Gasteiger partial charge in [0.1, 0.15) is 5.75 Å². The Morgan fingerprint density at radius 1 is 1.25 bits per heavy atom. The van der Waals surface area contributed by atoms with E-state index in [0.29, 0.717) is 18.5 Å². The molecule has 1 amide bonds. The zero-order valence-electron chi connectivity index (χ0n) is 15.4. The molecule has 4 nitrogen and oxygen atoms in total. The molecular weight excluding hydrogens is 300 g/mol. The molecule has 1 aromatic carbocycles. The largest absolute Gasteiger partial charge is 0.496 e. The third kappa shape index (κ3) is 3.44. The summed E-state index contributed by atoms with van der Waals surface area (Å²) in [7, 11) is 3.62. The standard InChI is InChI=1S/C20H30N2O2/c1-13-9-15(10-14(2)19(13)24-4)12-22(3)20(23)18-11-16-7-5-6-8-17(16)21-18/h9-10,16-18,21H,5-8,11-12H2,1-4H3. The first-order valence-electron chi connectivity index (χ1n) is 9.14. The lowest BCUT2D eigenvalue weighted by atomic mass is 9.85. The van der Waals surface area contributed by atoms with Crippen LogP contribution < -0.4 is 10.1 Å². The molecule has 2 fully saturated rings. The van der Waals surface area contributed by atoms with Gasteiger partial charge in [-0.15, -0.1) is 0 Å². The number of nitrogens with one attached hydrogen (secondary N) is 1. The molecule has 1 aromatic rings. The van der Waals surface area contributed by atoms with Crippen molar-refractivity contribution < 1.29 is 9.53 Å². The maximum atomic E-state index is 12.8. The van der Waals surface area contributed by atoms with E-state index >= 15 is 0 Å². The van der Waals surface area contributed by atoms with Crippen LogP contribution in [-0.2, 0) is 11.3 Å². The molecule has 1 N–H and O–H groups in total. The first kappa shape index (κ1) is 17.3. The molecule has 4 heteroatoms. The predicted octanol–water partition coefficient (Wildman–Crippen LogP) is 3.19. The number of methoxy groups -OCH3 is 1. The van der Waals surface area contributed by atoms with Crippen LogP contribution in [-0.4, -0.2) is 37.0 Å². The Labute approximate surface area is 145 Å². The molecule has 0 spiro atoms. The van der Waals surface area contributed by atoms with Crippen molar-refractivity contribution in [3.63, 3.8) is 0 Å². The molecule has 2 aliphatic rings. The summed E-state index contributed by atoms with van der Waals surface area (Å²) in [6.45, 7) is 4.76. The van der Waals surface area contributed by atoms with E-state index in [1.54, 1.807) is 7.11 Å². The van der Waals surface area contributed by atoms with Crippen LogP contribution >= 0.6 is 0 Å². The number of benzene rings is 1. The smallest absolute Gasteiger partial charge is 0.239 e. The van der Waals surface area contributed by atoms with Crippen molar-refractivity contribution in [2.24, 2.45) is 5.92 Å². The lowest BCUT2D eigenvalue weighted by Gasteiger charge is -2.24. The molecule has 3 atom stereocenters. The minimum atomic E-state index is 0.00328. The van der Waals surface area contributed by atoms with E-state index in [0.717, 1.165) is 28.9 Å². The Morgan fingerprint density at radius 2 is 1.92 bits per heavy atom. The second-order valence-corrected chi connectivity index (χ2v) is 7.56. The predicted molar refractivity (Wildman–Crippen MR) is 96.2 cm³/mol. The van der Waals surface area contributed by atoms with E-state index in [2.05, 4.69) is 31.3 Å². The van der Waals surface area contributed by atoms with Crippen molar-refractivity contribution in [2.45, 2.75) is 64.6 Å². The van der Waals surface area contributed by atoms with E-state index in [4.69, 9.17) is 4.74 Å². The van der Waals surface area contributed by atoms with Gasteiger partial charge in [-0.1, -0.05) is 25.0 Å². The zero-order valence-corrected chi connectivity index (χ0v) is 15.4. The van der Waals surface area contributed by atoms with E-state index in [9.17, 15) is 4.79 Å². The van der Waals surface area contributed by atoms with Gasteiger partial charge < -0.3 is 15.0 Å². The van der Waals surface area contributed by atoms with Crippen LogP contribution in [0, 0.1) is 19.8 Å². The normalized spacial score (nSPS) is 26.1. The van der Waals surface area contributed by atoms with Gasteiger partial charge >= 0.3 is 0 Å². The molecule has 3 rings (SSSR count). The molecule has 1 aliphatic carbocycles. The molecule has 1 aliphatic heterocycles. The van der Waals surface area contributed by atoms with Gasteiger partial charge in [-0.2, -0.15) is 0 Å². The van der Waals surface area contributed by atoms with E-state index in [1.807, 2.05) is 11.9 Å². The molecule has 3 unspecified atom stereocenters. The van der Waals surface area contributed by atoms with Crippen LogP contribution in [0.1, 0.15) is 48.8 Å². The van der Waals surface area contributed by atoms with Crippen LogP contribution in [0.25, 0.3) is 0 Å². The summed E-state index contributed by atoms with van der Waals surface area (Å²) in [4.78, 5) is 14.7. The number of fused-ring (bicyclic) bond motifs is 1. The number of carbonyl (C=O) groups excluding carboxylic acids is 1. The minimum Gasteiger partial charge on any atom is -0.496 e. The fourth-order valence-electron chi connectivity index (χ4n) is 4.58. The number of hydrogen-bond acceptors (Lipinski definition) is 3. The first-order chi connectivity index (χ1) is 11.5. The van der Waals surface area contributed by atoms with E-state index in [-0.39, 0.29) is 11.9 Å². The minimum absolute atomic E-state index is 0.00328. The van der Waals surface area contributed by atoms with Crippen molar-refractivity contribution in [2.75, 3.05) is 14.2 Å². The van der Waals surface area contributed by atoms with Crippen LogP contribution in [0.2, 0.25) is 0 Å². The molecule has 1 heterocycles. The Hall–Kier alpha value is -1.55.